The van der Waals surface area contributed by atoms with Crippen molar-refractivity contribution >= 4 is 41.9 Å². The summed E-state index contributed by atoms with van der Waals surface area (Å²) in [6.45, 7) is 4.46. The van der Waals surface area contributed by atoms with Gasteiger partial charge in [0, 0.05) is 21.6 Å². The summed E-state index contributed by atoms with van der Waals surface area (Å²) in [5.41, 5.74) is 0.982. The zero-order valence-corrected chi connectivity index (χ0v) is 15.3. The van der Waals surface area contributed by atoms with Gasteiger partial charge in [-0.15, -0.1) is 0 Å². The molecule has 7 heteroatoms. The predicted molar refractivity (Wildman–Crippen MR) is 85.3 cm³/mol. The van der Waals surface area contributed by atoms with Crippen molar-refractivity contribution in [3.63, 3.8) is 0 Å². The molecule has 0 saturated carbocycles. The Kier molecular flexibility index (Phi) is 5.29. The van der Waals surface area contributed by atoms with Crippen LogP contribution in [-0.4, -0.2) is 27.2 Å². The average Bonchev–Trinajstić information content (AvgIpc) is 2.33. The second kappa shape index (κ2) is 6.44. The maximum absolute atomic E-state index is 12.5. The van der Waals surface area contributed by atoms with Gasteiger partial charge in [-0.3, -0.25) is 0 Å². The molecule has 0 spiro atoms. The van der Waals surface area contributed by atoms with E-state index in [2.05, 4.69) is 36.6 Å². The molecule has 1 aromatic rings. The van der Waals surface area contributed by atoms with Crippen LogP contribution in [0.5, 0.6) is 0 Å². The summed E-state index contributed by atoms with van der Waals surface area (Å²) in [5, 5.41) is 0. The van der Waals surface area contributed by atoms with Crippen LogP contribution < -0.4 is 4.72 Å². The highest BCUT2D eigenvalue weighted by molar-refractivity contribution is 9.11. The number of halogens is 2. The summed E-state index contributed by atoms with van der Waals surface area (Å²) in [6.07, 6.45) is 1.49. The first kappa shape index (κ1) is 16.4. The first-order valence-corrected chi connectivity index (χ1v) is 9.46. The van der Waals surface area contributed by atoms with Crippen LogP contribution in [0.2, 0.25) is 0 Å². The largest absolute Gasteiger partial charge is 0.378 e. The van der Waals surface area contributed by atoms with Crippen LogP contribution in [0, 0.1) is 6.92 Å². The van der Waals surface area contributed by atoms with Gasteiger partial charge in [-0.1, -0.05) is 15.9 Å². The smallest absolute Gasteiger partial charge is 0.241 e. The lowest BCUT2D eigenvalue weighted by molar-refractivity contribution is 0.0173. The van der Waals surface area contributed by atoms with E-state index in [0.29, 0.717) is 23.9 Å². The van der Waals surface area contributed by atoms with Gasteiger partial charge in [-0.2, -0.15) is 0 Å². The van der Waals surface area contributed by atoms with Gasteiger partial charge >= 0.3 is 0 Å². The third-order valence-corrected chi connectivity index (χ3v) is 6.64. The summed E-state index contributed by atoms with van der Waals surface area (Å²) in [7, 11) is -3.54. The van der Waals surface area contributed by atoms with Gasteiger partial charge in [0.05, 0.1) is 11.0 Å². The topological polar surface area (TPSA) is 55.4 Å². The fourth-order valence-electron chi connectivity index (χ4n) is 2.22. The molecule has 1 N–H and O–H groups in total. The van der Waals surface area contributed by atoms with Crippen LogP contribution in [-0.2, 0) is 14.8 Å². The molecule has 2 rings (SSSR count). The number of nitrogens with one attached hydrogen (secondary N) is 1. The molecule has 4 nitrogen and oxygen atoms in total. The van der Waals surface area contributed by atoms with Crippen LogP contribution >= 0.6 is 31.9 Å². The van der Waals surface area contributed by atoms with Crippen LogP contribution in [0.25, 0.3) is 0 Å². The second-order valence-electron chi connectivity index (χ2n) is 5.06. The fourth-order valence-corrected chi connectivity index (χ4v) is 5.18. The zero-order chi connectivity index (χ0) is 14.9. The Morgan fingerprint density at radius 3 is 2.65 bits per heavy atom. The van der Waals surface area contributed by atoms with Crippen molar-refractivity contribution in [3.05, 3.63) is 26.6 Å². The Morgan fingerprint density at radius 1 is 1.30 bits per heavy atom. The number of sulfonamides is 1. The Morgan fingerprint density at radius 2 is 2.00 bits per heavy atom. The van der Waals surface area contributed by atoms with Crippen molar-refractivity contribution in [2.45, 2.75) is 43.7 Å². The van der Waals surface area contributed by atoms with Gasteiger partial charge in [-0.25, -0.2) is 13.1 Å². The lowest BCUT2D eigenvalue weighted by atomic mass is 10.1. The normalized spacial score (nSPS) is 23.8. The van der Waals surface area contributed by atoms with E-state index in [1.54, 1.807) is 12.1 Å². The molecule has 0 aromatic heterocycles. The van der Waals surface area contributed by atoms with Gasteiger partial charge < -0.3 is 4.74 Å². The number of ether oxygens (including phenoxy) is 1. The van der Waals surface area contributed by atoms with Crippen molar-refractivity contribution in [2.75, 3.05) is 6.61 Å². The highest BCUT2D eigenvalue weighted by atomic mass is 79.9. The maximum atomic E-state index is 12.5. The molecule has 20 heavy (non-hydrogen) atoms. The Balaban J connectivity index is 2.24. The molecule has 0 amide bonds. The lowest BCUT2D eigenvalue weighted by Gasteiger charge is -2.27. The number of aryl methyl sites for hydroxylation is 1. The SMILES string of the molecule is Cc1cc(Br)c(S(=O)(=O)NC2CCOC(C)C2)cc1Br. The van der Waals surface area contributed by atoms with Crippen LogP contribution in [0.4, 0.5) is 0 Å². The molecule has 112 valence electrons. The van der Waals surface area contributed by atoms with Gasteiger partial charge in [0.2, 0.25) is 10.0 Å². The van der Waals surface area contributed by atoms with E-state index in [0.717, 1.165) is 10.0 Å². The molecule has 1 aromatic carbocycles. The fraction of sp³-hybridized carbons (Fsp3) is 0.538. The summed E-state index contributed by atoms with van der Waals surface area (Å²) in [6, 6.07) is 3.35. The molecular formula is C13H17Br2NO3S. The highest BCUT2D eigenvalue weighted by Crippen LogP contribution is 2.29. The van der Waals surface area contributed by atoms with E-state index < -0.39 is 10.0 Å². The number of rotatable bonds is 3. The molecule has 0 bridgehead atoms. The third-order valence-electron chi connectivity index (χ3n) is 3.31. The van der Waals surface area contributed by atoms with Gasteiger partial charge in [-0.05, 0) is 60.3 Å². The van der Waals surface area contributed by atoms with E-state index in [9.17, 15) is 8.42 Å². The molecule has 0 radical (unpaired) electrons. The molecule has 2 atom stereocenters. The minimum Gasteiger partial charge on any atom is -0.378 e. The quantitative estimate of drug-likeness (QED) is 0.805. The van der Waals surface area contributed by atoms with Crippen LogP contribution in [0.1, 0.15) is 25.3 Å². The van der Waals surface area contributed by atoms with E-state index in [1.807, 2.05) is 13.8 Å². The molecule has 1 aliphatic heterocycles. The average molecular weight is 427 g/mol. The van der Waals surface area contributed by atoms with Crippen molar-refractivity contribution in [2.24, 2.45) is 0 Å². The van der Waals surface area contributed by atoms with Crippen LogP contribution in [0.15, 0.2) is 26.0 Å². The lowest BCUT2D eigenvalue weighted by Crippen LogP contribution is -2.41. The minimum absolute atomic E-state index is 0.0734. The summed E-state index contributed by atoms with van der Waals surface area (Å²) in [5.74, 6) is 0. The molecule has 1 heterocycles. The predicted octanol–water partition coefficient (Wildman–Crippen LogP) is 3.37. The molecule has 2 unspecified atom stereocenters. The monoisotopic (exact) mass is 425 g/mol. The van der Waals surface area contributed by atoms with Crippen LogP contribution in [0.3, 0.4) is 0 Å². The van der Waals surface area contributed by atoms with Crippen molar-refractivity contribution in [3.8, 4) is 0 Å². The van der Waals surface area contributed by atoms with E-state index >= 15 is 0 Å². The molecule has 1 aliphatic rings. The standard InChI is InChI=1S/C13H17Br2NO3S/c1-8-5-12(15)13(7-11(8)14)20(17,18)16-10-3-4-19-9(2)6-10/h5,7,9-10,16H,3-4,6H2,1-2H3. The maximum Gasteiger partial charge on any atom is 0.241 e. The van der Waals surface area contributed by atoms with Crippen molar-refractivity contribution in [1.29, 1.82) is 0 Å². The Labute approximate surface area is 136 Å². The number of hydrogen-bond donors (Lipinski definition) is 1. The summed E-state index contributed by atoms with van der Waals surface area (Å²) in [4.78, 5) is 0.258. The first-order valence-electron chi connectivity index (χ1n) is 6.39. The Bertz CT molecular complexity index is 604. The highest BCUT2D eigenvalue weighted by Gasteiger charge is 2.26. The molecular weight excluding hydrogens is 410 g/mol. The van der Waals surface area contributed by atoms with Gasteiger partial charge in [0.1, 0.15) is 0 Å². The van der Waals surface area contributed by atoms with Crippen molar-refractivity contribution in [1.82, 2.24) is 4.72 Å². The minimum atomic E-state index is -3.54. The third kappa shape index (κ3) is 3.82. The van der Waals surface area contributed by atoms with Crippen molar-refractivity contribution < 1.29 is 13.2 Å². The molecule has 1 fully saturated rings. The van der Waals surface area contributed by atoms with E-state index in [1.165, 1.54) is 0 Å². The first-order chi connectivity index (χ1) is 9.29. The summed E-state index contributed by atoms with van der Waals surface area (Å²) >= 11 is 6.70. The summed E-state index contributed by atoms with van der Waals surface area (Å²) < 4.78 is 34.5. The van der Waals surface area contributed by atoms with E-state index in [4.69, 9.17) is 4.74 Å². The zero-order valence-electron chi connectivity index (χ0n) is 11.3. The van der Waals surface area contributed by atoms with E-state index in [-0.39, 0.29) is 17.0 Å². The number of hydrogen-bond acceptors (Lipinski definition) is 3. The Hall–Kier alpha value is 0.0500. The molecule has 0 aliphatic carbocycles. The molecule has 1 saturated heterocycles. The van der Waals surface area contributed by atoms with Gasteiger partial charge in [0.15, 0.2) is 0 Å². The second-order valence-corrected chi connectivity index (χ2v) is 8.45. The number of benzene rings is 1. The van der Waals surface area contributed by atoms with Gasteiger partial charge in [0.25, 0.3) is 0 Å².